The number of hydrogen-bond acceptors (Lipinski definition) is 5. The van der Waals surface area contributed by atoms with Crippen LogP contribution in [0.1, 0.15) is 28.9 Å². The van der Waals surface area contributed by atoms with Crippen LogP contribution in [0.15, 0.2) is 49.1 Å². The molecule has 2 aliphatic rings. The highest BCUT2D eigenvalue weighted by Crippen LogP contribution is 2.35. The lowest BCUT2D eigenvalue weighted by Crippen LogP contribution is -2.42. The second-order valence-corrected chi connectivity index (χ2v) is 9.51. The Kier molecular flexibility index (Phi) is 5.38. The molecule has 0 bridgehead atoms. The number of aryl methyl sites for hydroxylation is 1. The van der Waals surface area contributed by atoms with Crippen LogP contribution in [0.4, 0.5) is 0 Å². The number of halogens is 1. The molecule has 1 unspecified atom stereocenters. The van der Waals surface area contributed by atoms with E-state index in [1.165, 1.54) is 29.6 Å². The average Bonchev–Trinajstić information content (AvgIpc) is 3.52. The minimum absolute atomic E-state index is 0.507. The number of rotatable bonds is 4. The highest BCUT2D eigenvalue weighted by molar-refractivity contribution is 6.33. The van der Waals surface area contributed by atoms with E-state index >= 15 is 0 Å². The van der Waals surface area contributed by atoms with E-state index in [0.717, 1.165) is 60.9 Å². The van der Waals surface area contributed by atoms with Crippen molar-refractivity contribution in [2.45, 2.75) is 38.3 Å². The summed E-state index contributed by atoms with van der Waals surface area (Å²) in [5.74, 6) is 1.93. The van der Waals surface area contributed by atoms with Crippen LogP contribution < -0.4 is 4.74 Å². The molecular weight excluding hydrogens is 448 g/mol. The van der Waals surface area contributed by atoms with E-state index < -0.39 is 0 Å². The monoisotopic (exact) mass is 474 g/mol. The van der Waals surface area contributed by atoms with E-state index in [-0.39, 0.29) is 0 Å². The first-order valence-electron chi connectivity index (χ1n) is 11.7. The van der Waals surface area contributed by atoms with Gasteiger partial charge < -0.3 is 9.30 Å². The molecule has 0 spiro atoms. The molecule has 0 N–H and O–H groups in total. The van der Waals surface area contributed by atoms with Gasteiger partial charge >= 0.3 is 0 Å². The molecule has 0 saturated carbocycles. The van der Waals surface area contributed by atoms with Crippen LogP contribution in [0.3, 0.4) is 0 Å². The first-order chi connectivity index (χ1) is 16.6. The summed E-state index contributed by atoms with van der Waals surface area (Å²) in [5.41, 5.74) is 7.07. The van der Waals surface area contributed by atoms with Gasteiger partial charge in [0.15, 0.2) is 0 Å². The molecule has 2 aromatic heterocycles. The van der Waals surface area contributed by atoms with E-state index in [9.17, 15) is 0 Å². The van der Waals surface area contributed by atoms with Gasteiger partial charge in [-0.1, -0.05) is 23.7 Å². The molecule has 3 heterocycles. The van der Waals surface area contributed by atoms with Crippen LogP contribution in [0, 0.1) is 0 Å². The molecule has 0 amide bonds. The Balaban J connectivity index is 1.26. The lowest BCUT2D eigenvalue weighted by molar-refractivity contribution is 0.159. The fourth-order valence-corrected chi connectivity index (χ4v) is 5.77. The smallest absolute Gasteiger partial charge is 0.141 e. The van der Waals surface area contributed by atoms with Crippen molar-refractivity contribution >= 4 is 11.6 Å². The van der Waals surface area contributed by atoms with E-state index in [2.05, 4.69) is 44.8 Å². The van der Waals surface area contributed by atoms with E-state index in [4.69, 9.17) is 21.3 Å². The Bertz CT molecular complexity index is 1330. The molecule has 174 valence electrons. The van der Waals surface area contributed by atoms with E-state index in [1.54, 1.807) is 18.1 Å². The summed E-state index contributed by atoms with van der Waals surface area (Å²) in [5, 5.41) is 4.85. The van der Waals surface area contributed by atoms with Gasteiger partial charge in [-0.3, -0.25) is 4.90 Å². The van der Waals surface area contributed by atoms with Gasteiger partial charge in [0, 0.05) is 43.9 Å². The maximum absolute atomic E-state index is 6.71. The van der Waals surface area contributed by atoms with E-state index in [0.29, 0.717) is 11.1 Å². The standard InChI is InChI=1S/C26H27ClN6O/c1-31-24-10-11-32(18-7-6-17-4-3-5-25(34-2)21(17)12-18)14-23(24)30-26(31)20-9-8-19(13-22(20)27)33-16-28-15-29-33/h3-5,8-9,13,15-16,18H,6-7,10-12,14H2,1-2H3. The van der Waals surface area contributed by atoms with Gasteiger partial charge in [0.2, 0.25) is 0 Å². The van der Waals surface area contributed by atoms with Crippen molar-refractivity contribution in [2.75, 3.05) is 13.7 Å². The maximum atomic E-state index is 6.71. The first-order valence-corrected chi connectivity index (χ1v) is 12.1. The van der Waals surface area contributed by atoms with Gasteiger partial charge in [-0.05, 0) is 54.7 Å². The highest BCUT2D eigenvalue weighted by atomic mass is 35.5. The zero-order chi connectivity index (χ0) is 23.2. The molecule has 8 heteroatoms. The van der Waals surface area contributed by atoms with Crippen molar-refractivity contribution in [2.24, 2.45) is 7.05 Å². The molecule has 0 radical (unpaired) electrons. The van der Waals surface area contributed by atoms with Crippen LogP contribution in [0.25, 0.3) is 17.1 Å². The molecule has 0 saturated heterocycles. The largest absolute Gasteiger partial charge is 0.496 e. The summed E-state index contributed by atoms with van der Waals surface area (Å²) >= 11 is 6.71. The Labute approximate surface area is 204 Å². The van der Waals surface area contributed by atoms with Crippen LogP contribution >= 0.6 is 11.6 Å². The molecule has 34 heavy (non-hydrogen) atoms. The Morgan fingerprint density at radius 3 is 2.85 bits per heavy atom. The molecule has 1 aliphatic carbocycles. The molecule has 2 aromatic carbocycles. The summed E-state index contributed by atoms with van der Waals surface area (Å²) in [6.07, 6.45) is 7.47. The number of methoxy groups -OCH3 is 1. The van der Waals surface area contributed by atoms with Crippen molar-refractivity contribution in [3.63, 3.8) is 0 Å². The molecule has 0 fully saturated rings. The number of fused-ring (bicyclic) bond motifs is 2. The van der Waals surface area contributed by atoms with E-state index in [1.807, 2.05) is 18.2 Å². The minimum atomic E-state index is 0.507. The normalized spacial score (nSPS) is 17.9. The third kappa shape index (κ3) is 3.60. The summed E-state index contributed by atoms with van der Waals surface area (Å²) in [6.45, 7) is 1.91. The SMILES string of the molecule is COc1cccc2c1CC(N1CCc3c(nc(-c4ccc(-n5cncn5)cc4Cl)n3C)C1)CC2. The Morgan fingerprint density at radius 1 is 1.15 bits per heavy atom. The van der Waals surface area contributed by atoms with Crippen LogP contribution in [-0.4, -0.2) is 48.9 Å². The van der Waals surface area contributed by atoms with Gasteiger partial charge in [0.25, 0.3) is 0 Å². The second kappa shape index (κ2) is 8.56. The van der Waals surface area contributed by atoms with Gasteiger partial charge in [0.1, 0.15) is 24.2 Å². The molecule has 1 atom stereocenters. The number of ether oxygens (including phenoxy) is 1. The number of imidazole rings is 1. The van der Waals surface area contributed by atoms with Crippen LogP contribution in [-0.2, 0) is 32.9 Å². The van der Waals surface area contributed by atoms with Gasteiger partial charge in [-0.25, -0.2) is 14.6 Å². The van der Waals surface area contributed by atoms with Crippen molar-refractivity contribution in [1.82, 2.24) is 29.2 Å². The average molecular weight is 475 g/mol. The predicted octanol–water partition coefficient (Wildman–Crippen LogP) is 4.25. The zero-order valence-electron chi connectivity index (χ0n) is 19.4. The second-order valence-electron chi connectivity index (χ2n) is 9.11. The number of hydrogen-bond donors (Lipinski definition) is 0. The van der Waals surface area contributed by atoms with Crippen molar-refractivity contribution < 1.29 is 4.74 Å². The van der Waals surface area contributed by atoms with Gasteiger partial charge in [0.05, 0.1) is 23.5 Å². The highest BCUT2D eigenvalue weighted by Gasteiger charge is 2.31. The van der Waals surface area contributed by atoms with Crippen molar-refractivity contribution in [3.05, 3.63) is 76.6 Å². The quantitative estimate of drug-likeness (QED) is 0.442. The summed E-state index contributed by atoms with van der Waals surface area (Å²) in [7, 11) is 3.87. The Hall–Kier alpha value is -3.16. The third-order valence-corrected chi connectivity index (χ3v) is 7.63. The topological polar surface area (TPSA) is 61.0 Å². The fourth-order valence-electron chi connectivity index (χ4n) is 5.51. The molecule has 6 rings (SSSR count). The molecule has 4 aromatic rings. The van der Waals surface area contributed by atoms with Crippen molar-refractivity contribution in [1.29, 1.82) is 0 Å². The van der Waals surface area contributed by atoms with Crippen molar-refractivity contribution in [3.8, 4) is 22.8 Å². The van der Waals surface area contributed by atoms with Crippen LogP contribution in [0.2, 0.25) is 5.02 Å². The maximum Gasteiger partial charge on any atom is 0.141 e. The minimum Gasteiger partial charge on any atom is -0.496 e. The first kappa shape index (κ1) is 21.4. The van der Waals surface area contributed by atoms with Gasteiger partial charge in [-0.15, -0.1) is 0 Å². The third-order valence-electron chi connectivity index (χ3n) is 7.32. The molecular formula is C26H27ClN6O. The molecule has 7 nitrogen and oxygen atoms in total. The fraction of sp³-hybridized carbons (Fsp3) is 0.346. The number of benzene rings is 2. The zero-order valence-corrected chi connectivity index (χ0v) is 20.2. The summed E-state index contributed by atoms with van der Waals surface area (Å²) in [4.78, 5) is 11.7. The lowest BCUT2D eigenvalue weighted by Gasteiger charge is -2.37. The molecule has 1 aliphatic heterocycles. The summed E-state index contributed by atoms with van der Waals surface area (Å²) in [6, 6.07) is 12.9. The summed E-state index contributed by atoms with van der Waals surface area (Å²) < 4.78 is 9.57. The Morgan fingerprint density at radius 2 is 2.06 bits per heavy atom. The van der Waals surface area contributed by atoms with Crippen LogP contribution in [0.5, 0.6) is 5.75 Å². The predicted molar refractivity (Wildman–Crippen MR) is 131 cm³/mol. The number of nitrogens with zero attached hydrogens (tertiary/aromatic N) is 6. The number of aromatic nitrogens is 5. The lowest BCUT2D eigenvalue weighted by atomic mass is 9.86. The van der Waals surface area contributed by atoms with Gasteiger partial charge in [-0.2, -0.15) is 5.10 Å².